The molecule has 1 aliphatic heterocycles. The molecular weight excluding hydrogens is 188 g/mol. The molecule has 1 heterocycles. The van der Waals surface area contributed by atoms with Crippen LogP contribution >= 0.6 is 0 Å². The number of likely N-dealkylation sites (tertiary alicyclic amines) is 1. The van der Waals surface area contributed by atoms with Gasteiger partial charge in [0.25, 0.3) is 0 Å². The highest BCUT2D eigenvalue weighted by molar-refractivity contribution is 4.87. The molecule has 3 heteroatoms. The van der Waals surface area contributed by atoms with Crippen LogP contribution in [-0.2, 0) is 0 Å². The maximum Gasteiger partial charge on any atom is 0.0445 e. The third-order valence-electron chi connectivity index (χ3n) is 3.67. The van der Waals surface area contributed by atoms with Crippen molar-refractivity contribution in [1.29, 1.82) is 0 Å². The summed E-state index contributed by atoms with van der Waals surface area (Å²) in [7, 11) is 2.20. The van der Waals surface area contributed by atoms with Gasteiger partial charge in [-0.15, -0.1) is 0 Å². The lowest BCUT2D eigenvalue weighted by Crippen LogP contribution is -2.52. The van der Waals surface area contributed by atoms with Crippen LogP contribution < -0.4 is 5.32 Å². The average molecular weight is 214 g/mol. The summed E-state index contributed by atoms with van der Waals surface area (Å²) < 4.78 is 0. The first-order valence-electron chi connectivity index (χ1n) is 6.11. The van der Waals surface area contributed by atoms with Gasteiger partial charge in [0.05, 0.1) is 0 Å². The van der Waals surface area contributed by atoms with Gasteiger partial charge in [-0.3, -0.25) is 0 Å². The zero-order valence-corrected chi connectivity index (χ0v) is 10.5. The Morgan fingerprint density at radius 3 is 2.73 bits per heavy atom. The second-order valence-electron chi connectivity index (χ2n) is 5.19. The van der Waals surface area contributed by atoms with Crippen LogP contribution in [0.25, 0.3) is 0 Å². The van der Waals surface area contributed by atoms with Gasteiger partial charge in [0.1, 0.15) is 0 Å². The molecule has 90 valence electrons. The third-order valence-corrected chi connectivity index (χ3v) is 3.67. The molecule has 0 saturated carbocycles. The minimum Gasteiger partial charge on any atom is -0.396 e. The smallest absolute Gasteiger partial charge is 0.0445 e. The van der Waals surface area contributed by atoms with Gasteiger partial charge in [0, 0.05) is 31.3 Å². The Kier molecular flexibility index (Phi) is 5.03. The number of aliphatic hydroxyl groups excluding tert-OH is 1. The van der Waals surface area contributed by atoms with Crippen LogP contribution in [0.4, 0.5) is 0 Å². The SMILES string of the molecule is CC1CN(C)C(C)CC1N[C@H](C)CCO. The fraction of sp³-hybridized carbons (Fsp3) is 1.00. The summed E-state index contributed by atoms with van der Waals surface area (Å²) in [5.74, 6) is 0.701. The standard InChI is InChI=1S/C12H26N2O/c1-9-8-14(4)11(3)7-12(9)13-10(2)5-6-15/h9-13,15H,5-8H2,1-4H3/t9?,10-,11?,12?/m1/s1. The Hall–Kier alpha value is -0.120. The molecule has 0 spiro atoms. The molecule has 1 aliphatic rings. The minimum absolute atomic E-state index is 0.282. The zero-order chi connectivity index (χ0) is 11.4. The molecule has 0 aromatic rings. The molecule has 0 bridgehead atoms. The van der Waals surface area contributed by atoms with Gasteiger partial charge in [-0.25, -0.2) is 0 Å². The van der Waals surface area contributed by atoms with Crippen molar-refractivity contribution in [2.24, 2.45) is 5.92 Å². The fourth-order valence-electron chi connectivity index (χ4n) is 2.42. The molecule has 0 radical (unpaired) electrons. The van der Waals surface area contributed by atoms with Crippen LogP contribution in [0.2, 0.25) is 0 Å². The lowest BCUT2D eigenvalue weighted by Gasteiger charge is -2.41. The highest BCUT2D eigenvalue weighted by atomic mass is 16.3. The monoisotopic (exact) mass is 214 g/mol. The number of hydrogen-bond donors (Lipinski definition) is 2. The van der Waals surface area contributed by atoms with Gasteiger partial charge in [-0.05, 0) is 39.7 Å². The topological polar surface area (TPSA) is 35.5 Å². The largest absolute Gasteiger partial charge is 0.396 e. The molecule has 4 atom stereocenters. The highest BCUT2D eigenvalue weighted by Gasteiger charge is 2.29. The van der Waals surface area contributed by atoms with E-state index in [4.69, 9.17) is 5.11 Å². The molecule has 3 nitrogen and oxygen atoms in total. The number of nitrogens with one attached hydrogen (secondary N) is 1. The van der Waals surface area contributed by atoms with Crippen LogP contribution in [0, 0.1) is 5.92 Å². The summed E-state index contributed by atoms with van der Waals surface area (Å²) in [6.07, 6.45) is 2.07. The van der Waals surface area contributed by atoms with Crippen molar-refractivity contribution in [1.82, 2.24) is 10.2 Å². The molecule has 0 aromatic heterocycles. The van der Waals surface area contributed by atoms with E-state index in [2.05, 4.69) is 38.0 Å². The van der Waals surface area contributed by atoms with Crippen molar-refractivity contribution in [3.63, 3.8) is 0 Å². The Bertz CT molecular complexity index is 186. The summed E-state index contributed by atoms with van der Waals surface area (Å²) in [5, 5.41) is 12.5. The van der Waals surface area contributed by atoms with Crippen molar-refractivity contribution in [3.8, 4) is 0 Å². The van der Waals surface area contributed by atoms with Gasteiger partial charge in [-0.2, -0.15) is 0 Å². The van der Waals surface area contributed by atoms with Crippen LogP contribution in [-0.4, -0.2) is 48.3 Å². The molecule has 15 heavy (non-hydrogen) atoms. The van der Waals surface area contributed by atoms with Crippen molar-refractivity contribution in [2.75, 3.05) is 20.2 Å². The first kappa shape index (κ1) is 12.9. The molecule has 0 aromatic carbocycles. The third kappa shape index (κ3) is 3.74. The average Bonchev–Trinajstić information content (AvgIpc) is 2.14. The van der Waals surface area contributed by atoms with E-state index in [-0.39, 0.29) is 6.61 Å². The Morgan fingerprint density at radius 1 is 1.47 bits per heavy atom. The Labute approximate surface area is 93.9 Å². The van der Waals surface area contributed by atoms with Crippen molar-refractivity contribution in [3.05, 3.63) is 0 Å². The van der Waals surface area contributed by atoms with Gasteiger partial charge < -0.3 is 15.3 Å². The summed E-state index contributed by atoms with van der Waals surface area (Å²) in [5.41, 5.74) is 0. The van der Waals surface area contributed by atoms with E-state index in [0.29, 0.717) is 24.0 Å². The lowest BCUT2D eigenvalue weighted by molar-refractivity contribution is 0.114. The van der Waals surface area contributed by atoms with E-state index in [0.717, 1.165) is 6.42 Å². The molecule has 2 N–H and O–H groups in total. The van der Waals surface area contributed by atoms with E-state index >= 15 is 0 Å². The molecule has 3 unspecified atom stereocenters. The molecule has 1 saturated heterocycles. The normalized spacial score (nSPS) is 35.4. The van der Waals surface area contributed by atoms with Gasteiger partial charge in [0.15, 0.2) is 0 Å². The van der Waals surface area contributed by atoms with Gasteiger partial charge in [0.2, 0.25) is 0 Å². The van der Waals surface area contributed by atoms with Crippen molar-refractivity contribution < 1.29 is 5.11 Å². The second kappa shape index (κ2) is 5.83. The highest BCUT2D eigenvalue weighted by Crippen LogP contribution is 2.21. The van der Waals surface area contributed by atoms with E-state index in [1.807, 2.05) is 0 Å². The minimum atomic E-state index is 0.282. The number of piperidine rings is 1. The summed E-state index contributed by atoms with van der Waals surface area (Å²) in [4.78, 5) is 2.43. The molecule has 0 amide bonds. The van der Waals surface area contributed by atoms with Crippen LogP contribution in [0.3, 0.4) is 0 Å². The van der Waals surface area contributed by atoms with E-state index in [9.17, 15) is 0 Å². The van der Waals surface area contributed by atoms with Crippen LogP contribution in [0.5, 0.6) is 0 Å². The predicted molar refractivity (Wildman–Crippen MR) is 64.0 cm³/mol. The Morgan fingerprint density at radius 2 is 2.13 bits per heavy atom. The number of hydrogen-bond acceptors (Lipinski definition) is 3. The second-order valence-corrected chi connectivity index (χ2v) is 5.19. The quantitative estimate of drug-likeness (QED) is 0.735. The van der Waals surface area contributed by atoms with Crippen molar-refractivity contribution in [2.45, 2.75) is 51.7 Å². The predicted octanol–water partition coefficient (Wildman–Crippen LogP) is 1.08. The lowest BCUT2D eigenvalue weighted by atomic mass is 9.89. The molecular formula is C12H26N2O. The Balaban J connectivity index is 2.40. The summed E-state index contributed by atoms with van der Waals surface area (Å²) in [6, 6.07) is 1.70. The first-order chi connectivity index (χ1) is 7.04. The molecule has 1 rings (SSSR count). The maximum atomic E-state index is 8.88. The van der Waals surface area contributed by atoms with Crippen LogP contribution in [0.15, 0.2) is 0 Å². The summed E-state index contributed by atoms with van der Waals surface area (Å²) >= 11 is 0. The first-order valence-corrected chi connectivity index (χ1v) is 6.11. The van der Waals surface area contributed by atoms with E-state index < -0.39 is 0 Å². The van der Waals surface area contributed by atoms with Crippen LogP contribution in [0.1, 0.15) is 33.6 Å². The fourth-order valence-corrected chi connectivity index (χ4v) is 2.42. The zero-order valence-electron chi connectivity index (χ0n) is 10.5. The van der Waals surface area contributed by atoms with E-state index in [1.54, 1.807) is 0 Å². The van der Waals surface area contributed by atoms with Gasteiger partial charge >= 0.3 is 0 Å². The number of nitrogens with zero attached hydrogens (tertiary/aromatic N) is 1. The number of rotatable bonds is 4. The van der Waals surface area contributed by atoms with Crippen molar-refractivity contribution >= 4 is 0 Å². The molecule has 1 fully saturated rings. The van der Waals surface area contributed by atoms with Gasteiger partial charge in [-0.1, -0.05) is 6.92 Å². The number of aliphatic hydroxyl groups is 1. The van der Waals surface area contributed by atoms with E-state index in [1.165, 1.54) is 13.0 Å². The summed E-state index contributed by atoms with van der Waals surface area (Å²) in [6.45, 7) is 8.21. The molecule has 0 aliphatic carbocycles. The maximum absolute atomic E-state index is 8.88.